The molecule has 5 heteroatoms. The normalized spacial score (nSPS) is 14.9. The highest BCUT2D eigenvalue weighted by atomic mass is 16.5. The molecule has 0 aromatic heterocycles. The molecule has 1 amide bonds. The second-order valence-corrected chi connectivity index (χ2v) is 4.78. The van der Waals surface area contributed by atoms with Gasteiger partial charge in [0.05, 0.1) is 18.8 Å². The molecule has 5 nitrogen and oxygen atoms in total. The summed E-state index contributed by atoms with van der Waals surface area (Å²) in [4.78, 5) is 11.2. The first kappa shape index (κ1) is 16.4. The van der Waals surface area contributed by atoms with Gasteiger partial charge in [0.2, 0.25) is 5.91 Å². The third-order valence-corrected chi connectivity index (χ3v) is 2.67. The van der Waals surface area contributed by atoms with Crippen molar-refractivity contribution in [3.63, 3.8) is 0 Å². The van der Waals surface area contributed by atoms with Crippen LogP contribution < -0.4 is 11.1 Å². The van der Waals surface area contributed by atoms with Crippen molar-refractivity contribution in [1.29, 1.82) is 0 Å². The van der Waals surface area contributed by atoms with Gasteiger partial charge in [0, 0.05) is 13.2 Å². The molecule has 0 spiro atoms. The van der Waals surface area contributed by atoms with Crippen LogP contribution in [0.3, 0.4) is 0 Å². The van der Waals surface area contributed by atoms with Gasteiger partial charge in [-0.1, -0.05) is 13.8 Å². The minimum atomic E-state index is -0.696. The quantitative estimate of drug-likeness (QED) is 0.551. The van der Waals surface area contributed by atoms with Crippen molar-refractivity contribution in [2.45, 2.75) is 32.7 Å². The SMILES string of the molecule is CNC(C)(CCOCCOCC(C)C)C(N)=O. The van der Waals surface area contributed by atoms with Gasteiger partial charge in [-0.05, 0) is 26.3 Å². The molecule has 0 fully saturated rings. The number of carbonyl (C=O) groups is 1. The molecule has 0 bridgehead atoms. The first-order chi connectivity index (χ1) is 7.92. The molecule has 0 radical (unpaired) electrons. The van der Waals surface area contributed by atoms with E-state index in [0.29, 0.717) is 32.2 Å². The predicted octanol–water partition coefficient (Wildman–Crippen LogP) is 0.529. The molecular formula is C12H26N2O3. The highest BCUT2D eigenvalue weighted by Crippen LogP contribution is 2.07. The summed E-state index contributed by atoms with van der Waals surface area (Å²) < 4.78 is 10.8. The van der Waals surface area contributed by atoms with E-state index in [9.17, 15) is 4.79 Å². The van der Waals surface area contributed by atoms with Crippen molar-refractivity contribution in [3.8, 4) is 0 Å². The van der Waals surface area contributed by atoms with Gasteiger partial charge in [0.1, 0.15) is 0 Å². The first-order valence-electron chi connectivity index (χ1n) is 6.06. The van der Waals surface area contributed by atoms with Gasteiger partial charge in [-0.15, -0.1) is 0 Å². The van der Waals surface area contributed by atoms with Crippen LogP contribution in [0.1, 0.15) is 27.2 Å². The number of amides is 1. The van der Waals surface area contributed by atoms with Gasteiger partial charge in [0.25, 0.3) is 0 Å². The van der Waals surface area contributed by atoms with E-state index in [0.717, 1.165) is 6.61 Å². The van der Waals surface area contributed by atoms with Gasteiger partial charge in [-0.2, -0.15) is 0 Å². The molecule has 0 aromatic carbocycles. The van der Waals surface area contributed by atoms with Gasteiger partial charge >= 0.3 is 0 Å². The van der Waals surface area contributed by atoms with E-state index in [-0.39, 0.29) is 5.91 Å². The fourth-order valence-electron chi connectivity index (χ4n) is 1.19. The summed E-state index contributed by atoms with van der Waals surface area (Å²) in [6.07, 6.45) is 0.559. The van der Waals surface area contributed by atoms with Crippen LogP contribution in [0, 0.1) is 5.92 Å². The molecule has 0 heterocycles. The fourth-order valence-corrected chi connectivity index (χ4v) is 1.19. The van der Waals surface area contributed by atoms with Gasteiger partial charge in [0.15, 0.2) is 0 Å². The Morgan fingerprint density at radius 3 is 2.35 bits per heavy atom. The zero-order valence-corrected chi connectivity index (χ0v) is 11.4. The van der Waals surface area contributed by atoms with E-state index in [1.54, 1.807) is 14.0 Å². The third kappa shape index (κ3) is 7.31. The van der Waals surface area contributed by atoms with Gasteiger partial charge in [-0.3, -0.25) is 4.79 Å². The predicted molar refractivity (Wildman–Crippen MR) is 67.8 cm³/mol. The van der Waals surface area contributed by atoms with Crippen molar-refractivity contribution in [3.05, 3.63) is 0 Å². The Labute approximate surface area is 104 Å². The monoisotopic (exact) mass is 246 g/mol. The maximum absolute atomic E-state index is 11.2. The van der Waals surface area contributed by atoms with Crippen molar-refractivity contribution in [1.82, 2.24) is 5.32 Å². The standard InChI is InChI=1S/C12H26N2O3/c1-10(2)9-17-8-7-16-6-5-12(3,14-4)11(13)15/h10,14H,5-9H2,1-4H3,(H2,13,15). The number of nitrogens with one attached hydrogen (secondary N) is 1. The van der Waals surface area contributed by atoms with E-state index >= 15 is 0 Å². The molecule has 17 heavy (non-hydrogen) atoms. The van der Waals surface area contributed by atoms with E-state index in [1.165, 1.54) is 0 Å². The van der Waals surface area contributed by atoms with E-state index in [1.807, 2.05) is 0 Å². The number of nitrogens with two attached hydrogens (primary N) is 1. The Balaban J connectivity index is 3.53. The molecule has 0 aliphatic heterocycles. The average molecular weight is 246 g/mol. The zero-order chi connectivity index (χ0) is 13.3. The Bertz CT molecular complexity index is 222. The first-order valence-corrected chi connectivity index (χ1v) is 6.06. The summed E-state index contributed by atoms with van der Waals surface area (Å²) >= 11 is 0. The zero-order valence-electron chi connectivity index (χ0n) is 11.4. The molecule has 0 aliphatic carbocycles. The fraction of sp³-hybridized carbons (Fsp3) is 0.917. The lowest BCUT2D eigenvalue weighted by atomic mass is 9.98. The van der Waals surface area contributed by atoms with Crippen LogP contribution in [-0.4, -0.2) is 44.9 Å². The summed E-state index contributed by atoms with van der Waals surface area (Å²) in [5.74, 6) is 0.178. The smallest absolute Gasteiger partial charge is 0.237 e. The molecule has 3 N–H and O–H groups in total. The van der Waals surface area contributed by atoms with E-state index in [4.69, 9.17) is 15.2 Å². The van der Waals surface area contributed by atoms with Crippen LogP contribution in [0.25, 0.3) is 0 Å². The summed E-state index contributed by atoms with van der Waals surface area (Å²) in [5, 5.41) is 2.91. The number of carbonyl (C=O) groups excluding carboxylic acids is 1. The van der Waals surface area contributed by atoms with Crippen LogP contribution in [0.4, 0.5) is 0 Å². The molecule has 0 saturated carbocycles. The number of likely N-dealkylation sites (N-methyl/N-ethyl adjacent to an activating group) is 1. The lowest BCUT2D eigenvalue weighted by molar-refractivity contribution is -0.124. The van der Waals surface area contributed by atoms with Crippen LogP contribution in [-0.2, 0) is 14.3 Å². The highest BCUT2D eigenvalue weighted by Gasteiger charge is 2.28. The molecule has 0 rings (SSSR count). The van der Waals surface area contributed by atoms with Crippen molar-refractivity contribution >= 4 is 5.91 Å². The number of rotatable bonds is 10. The second-order valence-electron chi connectivity index (χ2n) is 4.78. The van der Waals surface area contributed by atoms with Crippen molar-refractivity contribution < 1.29 is 14.3 Å². The number of hydrogen-bond acceptors (Lipinski definition) is 4. The summed E-state index contributed by atoms with van der Waals surface area (Å²) in [6.45, 7) is 8.35. The van der Waals surface area contributed by atoms with Crippen LogP contribution in [0.5, 0.6) is 0 Å². The maximum Gasteiger partial charge on any atom is 0.237 e. The topological polar surface area (TPSA) is 73.6 Å². The van der Waals surface area contributed by atoms with Crippen LogP contribution in [0.2, 0.25) is 0 Å². The molecular weight excluding hydrogens is 220 g/mol. The Morgan fingerprint density at radius 1 is 1.29 bits per heavy atom. The molecule has 0 aromatic rings. The van der Waals surface area contributed by atoms with Crippen molar-refractivity contribution in [2.24, 2.45) is 11.7 Å². The lowest BCUT2D eigenvalue weighted by Crippen LogP contribution is -2.52. The minimum absolute atomic E-state index is 0.361. The number of primary amides is 1. The Hall–Kier alpha value is -0.650. The van der Waals surface area contributed by atoms with Crippen LogP contribution in [0.15, 0.2) is 0 Å². The third-order valence-electron chi connectivity index (χ3n) is 2.67. The maximum atomic E-state index is 11.2. The summed E-state index contributed by atoms with van der Waals surface area (Å²) in [5.41, 5.74) is 4.60. The summed E-state index contributed by atoms with van der Waals surface area (Å²) in [7, 11) is 1.72. The molecule has 0 saturated heterocycles. The Kier molecular flexibility index (Phi) is 8.12. The average Bonchev–Trinajstić information content (AvgIpc) is 2.26. The Morgan fingerprint density at radius 2 is 1.88 bits per heavy atom. The van der Waals surface area contributed by atoms with Gasteiger partial charge < -0.3 is 20.5 Å². The highest BCUT2D eigenvalue weighted by molar-refractivity contribution is 5.84. The lowest BCUT2D eigenvalue weighted by Gasteiger charge is -2.25. The van der Waals surface area contributed by atoms with Crippen LogP contribution >= 0.6 is 0 Å². The molecule has 1 atom stereocenters. The van der Waals surface area contributed by atoms with E-state index < -0.39 is 5.54 Å². The second kappa shape index (κ2) is 8.44. The number of ether oxygens (including phenoxy) is 2. The molecule has 102 valence electrons. The number of hydrogen-bond donors (Lipinski definition) is 2. The minimum Gasteiger partial charge on any atom is -0.379 e. The van der Waals surface area contributed by atoms with Gasteiger partial charge in [-0.25, -0.2) is 0 Å². The van der Waals surface area contributed by atoms with Crippen molar-refractivity contribution in [2.75, 3.05) is 33.5 Å². The molecule has 1 unspecified atom stereocenters. The summed E-state index contributed by atoms with van der Waals surface area (Å²) in [6, 6.07) is 0. The molecule has 0 aliphatic rings. The van der Waals surface area contributed by atoms with E-state index in [2.05, 4.69) is 19.2 Å². The largest absolute Gasteiger partial charge is 0.379 e.